The van der Waals surface area contributed by atoms with Gasteiger partial charge in [0.2, 0.25) is 5.91 Å². The number of esters is 1. The van der Waals surface area contributed by atoms with Crippen molar-refractivity contribution in [3.05, 3.63) is 42.0 Å². The molecular formula is C17H19FN2O5. The monoisotopic (exact) mass is 350 g/mol. The van der Waals surface area contributed by atoms with Gasteiger partial charge in [0.05, 0.1) is 13.3 Å². The molecule has 1 N–H and O–H groups in total. The fraction of sp³-hybridized carbons (Fsp3) is 0.353. The number of nitrogens with zero attached hydrogens (tertiary/aromatic N) is 1. The number of carbonyl (C=O) groups is 2. The standard InChI is InChI=1S/C17H19FN2O5/c1-10(15(21)23-4)24-13-6-5-11(9-12(13)18)20-16(22)17(2,3)14-7-8-19-25-14/h5-10H,1-4H3,(H,20,22). The van der Waals surface area contributed by atoms with Crippen LogP contribution >= 0.6 is 0 Å². The van der Waals surface area contributed by atoms with Gasteiger partial charge in [0.25, 0.3) is 0 Å². The van der Waals surface area contributed by atoms with E-state index in [1.54, 1.807) is 19.9 Å². The van der Waals surface area contributed by atoms with Crippen LogP contribution in [0.1, 0.15) is 26.5 Å². The maximum Gasteiger partial charge on any atom is 0.346 e. The molecule has 0 aliphatic carbocycles. The highest BCUT2D eigenvalue weighted by atomic mass is 19.1. The first-order valence-corrected chi connectivity index (χ1v) is 7.52. The Morgan fingerprint density at radius 1 is 1.32 bits per heavy atom. The van der Waals surface area contributed by atoms with Crippen LogP contribution in [0.5, 0.6) is 5.75 Å². The Bertz CT molecular complexity index is 758. The number of hydrogen-bond acceptors (Lipinski definition) is 6. The predicted octanol–water partition coefficient (Wildman–Crippen LogP) is 2.67. The Morgan fingerprint density at radius 3 is 2.60 bits per heavy atom. The van der Waals surface area contributed by atoms with E-state index in [0.29, 0.717) is 5.76 Å². The lowest BCUT2D eigenvalue weighted by molar-refractivity contribution is -0.148. The third-order valence-corrected chi connectivity index (χ3v) is 3.65. The zero-order valence-electron chi connectivity index (χ0n) is 14.3. The average Bonchev–Trinajstić information content (AvgIpc) is 3.11. The van der Waals surface area contributed by atoms with Crippen molar-refractivity contribution in [1.82, 2.24) is 5.16 Å². The summed E-state index contributed by atoms with van der Waals surface area (Å²) in [4.78, 5) is 23.7. The van der Waals surface area contributed by atoms with Gasteiger partial charge in [-0.05, 0) is 32.9 Å². The summed E-state index contributed by atoms with van der Waals surface area (Å²) < 4.78 is 28.9. The van der Waals surface area contributed by atoms with Crippen molar-refractivity contribution < 1.29 is 28.0 Å². The van der Waals surface area contributed by atoms with E-state index >= 15 is 0 Å². The van der Waals surface area contributed by atoms with E-state index in [9.17, 15) is 14.0 Å². The Labute approximate surface area is 144 Å². The minimum atomic E-state index is -0.985. The molecule has 0 saturated heterocycles. The molecule has 2 rings (SSSR count). The van der Waals surface area contributed by atoms with Crippen molar-refractivity contribution in [2.75, 3.05) is 12.4 Å². The number of amides is 1. The molecule has 0 aliphatic rings. The van der Waals surface area contributed by atoms with Gasteiger partial charge in [-0.1, -0.05) is 5.16 Å². The lowest BCUT2D eigenvalue weighted by atomic mass is 9.89. The molecule has 1 amide bonds. The Morgan fingerprint density at radius 2 is 2.04 bits per heavy atom. The van der Waals surface area contributed by atoms with Gasteiger partial charge in [0.1, 0.15) is 5.41 Å². The van der Waals surface area contributed by atoms with E-state index in [1.807, 2.05) is 0 Å². The molecule has 7 nitrogen and oxygen atoms in total. The molecule has 134 valence electrons. The molecule has 8 heteroatoms. The molecule has 1 aromatic carbocycles. The molecule has 25 heavy (non-hydrogen) atoms. The number of halogens is 1. The van der Waals surface area contributed by atoms with Gasteiger partial charge in [-0.2, -0.15) is 0 Å². The molecule has 1 aromatic heterocycles. The summed E-state index contributed by atoms with van der Waals surface area (Å²) in [6, 6.07) is 5.49. The normalized spacial score (nSPS) is 12.4. The summed E-state index contributed by atoms with van der Waals surface area (Å²) in [5.74, 6) is -1.46. The summed E-state index contributed by atoms with van der Waals surface area (Å²) in [6.45, 7) is 4.77. The molecule has 2 aromatic rings. The van der Waals surface area contributed by atoms with E-state index in [1.165, 1.54) is 32.4 Å². The number of carbonyl (C=O) groups excluding carboxylic acids is 2. The van der Waals surface area contributed by atoms with E-state index in [0.717, 1.165) is 6.07 Å². The van der Waals surface area contributed by atoms with Gasteiger partial charge in [-0.15, -0.1) is 0 Å². The minimum absolute atomic E-state index is 0.120. The van der Waals surface area contributed by atoms with Gasteiger partial charge < -0.3 is 19.3 Å². The van der Waals surface area contributed by atoms with Crippen molar-refractivity contribution in [3.8, 4) is 5.75 Å². The third-order valence-electron chi connectivity index (χ3n) is 3.65. The Kier molecular flexibility index (Phi) is 5.41. The van der Waals surface area contributed by atoms with E-state index in [2.05, 4.69) is 15.2 Å². The van der Waals surface area contributed by atoms with Gasteiger partial charge in [0.15, 0.2) is 23.4 Å². The highest BCUT2D eigenvalue weighted by molar-refractivity contribution is 5.98. The maximum atomic E-state index is 14.1. The van der Waals surface area contributed by atoms with Gasteiger partial charge in [-0.3, -0.25) is 4.79 Å². The maximum absolute atomic E-state index is 14.1. The quantitative estimate of drug-likeness (QED) is 0.806. The van der Waals surface area contributed by atoms with Gasteiger partial charge in [0, 0.05) is 17.8 Å². The number of hydrogen-bond donors (Lipinski definition) is 1. The van der Waals surface area contributed by atoms with Crippen molar-refractivity contribution in [3.63, 3.8) is 0 Å². The zero-order valence-corrected chi connectivity index (χ0v) is 14.3. The van der Waals surface area contributed by atoms with Crippen molar-refractivity contribution in [1.29, 1.82) is 0 Å². The number of ether oxygens (including phenoxy) is 2. The minimum Gasteiger partial charge on any atom is -0.476 e. The van der Waals surface area contributed by atoms with Crippen LogP contribution in [0.25, 0.3) is 0 Å². The van der Waals surface area contributed by atoms with E-state index in [4.69, 9.17) is 9.26 Å². The average molecular weight is 350 g/mol. The van der Waals surface area contributed by atoms with Crippen molar-refractivity contribution in [2.45, 2.75) is 32.3 Å². The molecule has 0 saturated carbocycles. The summed E-state index contributed by atoms with van der Waals surface area (Å²) in [7, 11) is 1.22. The molecule has 0 spiro atoms. The fourth-order valence-corrected chi connectivity index (χ4v) is 2.02. The lowest BCUT2D eigenvalue weighted by Crippen LogP contribution is -2.34. The fourth-order valence-electron chi connectivity index (χ4n) is 2.02. The van der Waals surface area contributed by atoms with Crippen LogP contribution in [0.4, 0.5) is 10.1 Å². The number of rotatable bonds is 6. The summed E-state index contributed by atoms with van der Waals surface area (Å²) in [5, 5.41) is 6.19. The topological polar surface area (TPSA) is 90.7 Å². The molecular weight excluding hydrogens is 331 g/mol. The summed E-state index contributed by atoms with van der Waals surface area (Å²) in [5.41, 5.74) is -0.741. The molecule has 0 bridgehead atoms. The van der Waals surface area contributed by atoms with E-state index < -0.39 is 23.3 Å². The largest absolute Gasteiger partial charge is 0.476 e. The second-order valence-electron chi connectivity index (χ2n) is 5.88. The molecule has 1 unspecified atom stereocenters. The van der Waals surface area contributed by atoms with Crippen LogP contribution < -0.4 is 10.1 Å². The number of aromatic nitrogens is 1. The first-order valence-electron chi connectivity index (χ1n) is 7.52. The summed E-state index contributed by atoms with van der Waals surface area (Å²) in [6.07, 6.45) is 0.490. The first kappa shape index (κ1) is 18.4. The Balaban J connectivity index is 2.10. The van der Waals surface area contributed by atoms with Crippen molar-refractivity contribution in [2.24, 2.45) is 0 Å². The zero-order chi connectivity index (χ0) is 18.6. The summed E-state index contributed by atoms with van der Waals surface area (Å²) >= 11 is 0. The van der Waals surface area contributed by atoms with Crippen molar-refractivity contribution >= 4 is 17.6 Å². The van der Waals surface area contributed by atoms with Crippen LogP contribution in [-0.2, 0) is 19.7 Å². The SMILES string of the molecule is COC(=O)C(C)Oc1ccc(NC(=O)C(C)(C)c2ccno2)cc1F. The second-order valence-corrected chi connectivity index (χ2v) is 5.88. The molecule has 1 heterocycles. The lowest BCUT2D eigenvalue weighted by Gasteiger charge is -2.20. The number of benzene rings is 1. The smallest absolute Gasteiger partial charge is 0.346 e. The number of anilines is 1. The molecule has 0 fully saturated rings. The third kappa shape index (κ3) is 4.14. The molecule has 0 radical (unpaired) electrons. The molecule has 0 aliphatic heterocycles. The van der Waals surface area contributed by atoms with Crippen LogP contribution in [0.3, 0.4) is 0 Å². The highest BCUT2D eigenvalue weighted by Crippen LogP contribution is 2.27. The number of methoxy groups -OCH3 is 1. The van der Waals surface area contributed by atoms with Gasteiger partial charge >= 0.3 is 5.97 Å². The highest BCUT2D eigenvalue weighted by Gasteiger charge is 2.33. The van der Waals surface area contributed by atoms with Crippen LogP contribution in [0.2, 0.25) is 0 Å². The van der Waals surface area contributed by atoms with E-state index in [-0.39, 0.29) is 17.3 Å². The van der Waals surface area contributed by atoms with Crippen LogP contribution in [0, 0.1) is 5.82 Å². The number of nitrogens with one attached hydrogen (secondary N) is 1. The van der Waals surface area contributed by atoms with Gasteiger partial charge in [-0.25, -0.2) is 9.18 Å². The second kappa shape index (κ2) is 7.33. The Hall–Kier alpha value is -2.90. The predicted molar refractivity (Wildman–Crippen MR) is 86.7 cm³/mol. The van der Waals surface area contributed by atoms with Crippen LogP contribution in [0.15, 0.2) is 35.0 Å². The molecule has 1 atom stereocenters. The van der Waals surface area contributed by atoms with Crippen LogP contribution in [-0.4, -0.2) is 30.2 Å². The first-order chi connectivity index (χ1) is 11.8.